The van der Waals surface area contributed by atoms with Crippen LogP contribution in [0.5, 0.6) is 0 Å². The van der Waals surface area contributed by atoms with Crippen molar-refractivity contribution in [1.29, 1.82) is 0 Å². The number of hydrogen-bond acceptors (Lipinski definition) is 6. The number of carbonyl (C=O) groups is 2. The Morgan fingerprint density at radius 2 is 2.11 bits per heavy atom. The highest BCUT2D eigenvalue weighted by Gasteiger charge is 2.36. The SMILES string of the molecule is CC(C)(C)NC(=O)[C@@H]1CN(C2=NC(=O)C(=Cc3cnc[s+]3Cc3ccc(Cl)cc3C(F)(F)F)S2)CCN1. The Hall–Kier alpha value is -2.41. The van der Waals surface area contributed by atoms with Gasteiger partial charge in [0.05, 0.1) is 16.7 Å². The summed E-state index contributed by atoms with van der Waals surface area (Å²) < 4.78 is 40.6. The average Bonchev–Trinajstić information content (AvgIpc) is 3.39. The van der Waals surface area contributed by atoms with Crippen molar-refractivity contribution in [3.8, 4) is 0 Å². The van der Waals surface area contributed by atoms with Crippen molar-refractivity contribution in [3.05, 3.63) is 55.8 Å². The Balaban J connectivity index is 1.48. The molecule has 2 N–H and O–H groups in total. The lowest BCUT2D eigenvalue weighted by Crippen LogP contribution is -2.60. The van der Waals surface area contributed by atoms with E-state index in [-0.39, 0.29) is 27.8 Å². The van der Waals surface area contributed by atoms with Crippen molar-refractivity contribution in [1.82, 2.24) is 20.5 Å². The maximum atomic E-state index is 13.5. The molecule has 1 aromatic carbocycles. The Morgan fingerprint density at radius 3 is 2.81 bits per heavy atom. The molecule has 1 aromatic heterocycles. The number of amidine groups is 1. The number of hydrogen-bond donors (Lipinski definition) is 2. The van der Waals surface area contributed by atoms with Gasteiger partial charge in [-0.3, -0.25) is 9.59 Å². The van der Waals surface area contributed by atoms with Crippen molar-refractivity contribution >= 4 is 56.9 Å². The first-order valence-corrected chi connectivity index (χ1v) is 14.1. The molecule has 0 aliphatic carbocycles. The number of amides is 2. The summed E-state index contributed by atoms with van der Waals surface area (Å²) >= 11 is 7.00. The van der Waals surface area contributed by atoms with Gasteiger partial charge in [-0.05, 0) is 44.7 Å². The van der Waals surface area contributed by atoms with Crippen LogP contribution in [-0.2, 0) is 21.5 Å². The van der Waals surface area contributed by atoms with E-state index in [1.54, 1.807) is 17.8 Å². The zero-order chi connectivity index (χ0) is 27.0. The van der Waals surface area contributed by atoms with Crippen molar-refractivity contribution in [2.45, 2.75) is 44.3 Å². The smallest absolute Gasteiger partial charge is 0.350 e. The molecule has 4 rings (SSSR count). The third kappa shape index (κ3) is 6.92. The third-order valence-corrected chi connectivity index (χ3v) is 8.63. The third-order valence-electron chi connectivity index (χ3n) is 5.52. The van der Waals surface area contributed by atoms with Gasteiger partial charge in [0.25, 0.3) is 5.91 Å². The van der Waals surface area contributed by atoms with Crippen molar-refractivity contribution in [3.63, 3.8) is 0 Å². The molecule has 1 fully saturated rings. The number of aromatic nitrogens is 1. The lowest BCUT2D eigenvalue weighted by atomic mass is 10.1. The van der Waals surface area contributed by atoms with Crippen LogP contribution in [0.1, 0.15) is 36.8 Å². The average molecular weight is 573 g/mol. The monoisotopic (exact) mass is 572 g/mol. The van der Waals surface area contributed by atoms with Crippen molar-refractivity contribution in [2.75, 3.05) is 19.6 Å². The van der Waals surface area contributed by atoms with Crippen LogP contribution < -0.4 is 10.6 Å². The van der Waals surface area contributed by atoms with Crippen molar-refractivity contribution < 1.29 is 22.8 Å². The van der Waals surface area contributed by atoms with Crippen LogP contribution in [0.25, 0.3) is 6.08 Å². The number of benzene rings is 1. The van der Waals surface area contributed by atoms with Crippen LogP contribution in [0.3, 0.4) is 0 Å². The molecule has 2 atom stereocenters. The highest BCUT2D eigenvalue weighted by atomic mass is 35.5. The highest BCUT2D eigenvalue weighted by Crippen LogP contribution is 2.39. The van der Waals surface area contributed by atoms with Gasteiger partial charge in [0, 0.05) is 52.3 Å². The normalized spacial score (nSPS) is 20.4. The molecule has 2 aliphatic rings. The maximum Gasteiger partial charge on any atom is 0.416 e. The predicted molar refractivity (Wildman–Crippen MR) is 142 cm³/mol. The summed E-state index contributed by atoms with van der Waals surface area (Å²) in [5.74, 6) is -0.464. The molecule has 0 bridgehead atoms. The molecule has 0 spiro atoms. The molecular weight excluding hydrogens is 547 g/mol. The lowest BCUT2D eigenvalue weighted by Gasteiger charge is -2.35. The minimum absolute atomic E-state index is 0.0149. The van der Waals surface area contributed by atoms with Gasteiger partial charge in [-0.2, -0.15) is 18.2 Å². The van der Waals surface area contributed by atoms with Gasteiger partial charge >= 0.3 is 6.18 Å². The number of halogens is 4. The van der Waals surface area contributed by atoms with Gasteiger partial charge in [0.2, 0.25) is 11.4 Å². The summed E-state index contributed by atoms with van der Waals surface area (Å²) in [7, 11) is -0.759. The summed E-state index contributed by atoms with van der Waals surface area (Å²) in [6, 6.07) is 3.29. The minimum Gasteiger partial charge on any atom is -0.350 e. The van der Waals surface area contributed by atoms with Gasteiger partial charge in [0.15, 0.2) is 15.8 Å². The lowest BCUT2D eigenvalue weighted by molar-refractivity contribution is -0.138. The van der Waals surface area contributed by atoms with E-state index in [9.17, 15) is 22.8 Å². The zero-order valence-corrected chi connectivity index (χ0v) is 22.7. The number of aliphatic imine (C=N–C) groups is 1. The molecule has 1 unspecified atom stereocenters. The first-order chi connectivity index (χ1) is 17.3. The predicted octanol–water partition coefficient (Wildman–Crippen LogP) is 4.71. The van der Waals surface area contributed by atoms with Crippen LogP contribution in [0.4, 0.5) is 13.2 Å². The molecule has 198 valence electrons. The van der Waals surface area contributed by atoms with Gasteiger partial charge < -0.3 is 15.5 Å². The fraction of sp³-hybridized carbons (Fsp3) is 0.417. The number of thiazole rings is 1. The number of nitrogens with zero attached hydrogens (tertiary/aromatic N) is 3. The number of carbonyl (C=O) groups excluding carboxylic acids is 2. The van der Waals surface area contributed by atoms with E-state index in [4.69, 9.17) is 11.6 Å². The van der Waals surface area contributed by atoms with E-state index in [0.717, 1.165) is 6.07 Å². The first-order valence-electron chi connectivity index (χ1n) is 11.4. The van der Waals surface area contributed by atoms with Crippen LogP contribution in [0, 0.1) is 0 Å². The molecule has 2 aromatic rings. The van der Waals surface area contributed by atoms with E-state index < -0.39 is 34.2 Å². The summed E-state index contributed by atoms with van der Waals surface area (Å²) in [5, 5.41) is 6.67. The van der Waals surface area contributed by atoms with Crippen LogP contribution >= 0.6 is 33.8 Å². The fourth-order valence-corrected chi connectivity index (χ4v) is 6.67. The van der Waals surface area contributed by atoms with E-state index in [0.29, 0.717) is 34.6 Å². The summed E-state index contributed by atoms with van der Waals surface area (Å²) in [5.41, 5.74) is 0.566. The first kappa shape index (κ1) is 27.6. The number of alkyl halides is 3. The summed E-state index contributed by atoms with van der Waals surface area (Å²) in [4.78, 5) is 36.5. The second kappa shape index (κ2) is 10.8. The highest BCUT2D eigenvalue weighted by molar-refractivity contribution is 8.18. The van der Waals surface area contributed by atoms with Crippen LogP contribution in [0.2, 0.25) is 5.02 Å². The fourth-order valence-electron chi connectivity index (χ4n) is 3.86. The largest absolute Gasteiger partial charge is 0.416 e. The van der Waals surface area contributed by atoms with Crippen LogP contribution in [-0.4, -0.2) is 58.1 Å². The standard InChI is InChI=1S/C24H25ClF3N5O2S2/c1-23(2,3)32-20(34)18-11-33(7-6-30-18)22-31-21(35)19(36-22)9-16-10-29-13-37(16)12-14-4-5-15(25)8-17(14)24(26,27)28/h4-5,8-10,13,18,30H,6-7,11-12H2,1-3H3/p+1/t18-,37?/m0/s1. The molecule has 3 heterocycles. The van der Waals surface area contributed by atoms with Crippen molar-refractivity contribution in [2.24, 2.45) is 4.99 Å². The Bertz CT molecular complexity index is 1270. The quantitative estimate of drug-likeness (QED) is 0.408. The second-order valence-corrected chi connectivity index (χ2v) is 12.9. The zero-order valence-electron chi connectivity index (χ0n) is 20.4. The molecule has 0 saturated carbocycles. The van der Waals surface area contributed by atoms with Gasteiger partial charge in [-0.25, -0.2) is 4.98 Å². The molecule has 1 saturated heterocycles. The number of thioether (sulfide) groups is 1. The van der Waals surface area contributed by atoms with E-state index in [2.05, 4.69) is 20.6 Å². The molecule has 0 radical (unpaired) electrons. The molecule has 37 heavy (non-hydrogen) atoms. The molecule has 7 nitrogen and oxygen atoms in total. The molecule has 2 amide bonds. The van der Waals surface area contributed by atoms with E-state index in [1.165, 1.54) is 23.9 Å². The summed E-state index contributed by atoms with van der Waals surface area (Å²) in [6.07, 6.45) is -1.33. The molecule has 2 aliphatic heterocycles. The minimum atomic E-state index is -4.53. The second-order valence-electron chi connectivity index (χ2n) is 9.66. The number of rotatable bonds is 4. The van der Waals surface area contributed by atoms with E-state index >= 15 is 0 Å². The number of piperazine rings is 1. The Kier molecular flexibility index (Phi) is 8.03. The number of nitrogens with one attached hydrogen (secondary N) is 2. The Labute approximate surface area is 224 Å². The maximum absolute atomic E-state index is 13.5. The van der Waals surface area contributed by atoms with E-state index in [1.807, 2.05) is 25.7 Å². The summed E-state index contributed by atoms with van der Waals surface area (Å²) in [6.45, 7) is 7.22. The van der Waals surface area contributed by atoms with Gasteiger partial charge in [0.1, 0.15) is 6.04 Å². The van der Waals surface area contributed by atoms with Gasteiger partial charge in [-0.1, -0.05) is 17.7 Å². The van der Waals surface area contributed by atoms with Gasteiger partial charge in [-0.15, -0.1) is 0 Å². The Morgan fingerprint density at radius 1 is 1.35 bits per heavy atom. The molecule has 13 heteroatoms. The van der Waals surface area contributed by atoms with Crippen LogP contribution in [0.15, 0.2) is 39.8 Å². The molecular formula is C24H26ClF3N5O2S2+. The topological polar surface area (TPSA) is 86.7 Å².